The molecule has 2 fully saturated rings. The van der Waals surface area contributed by atoms with E-state index in [0.717, 1.165) is 51.9 Å². The summed E-state index contributed by atoms with van der Waals surface area (Å²) in [5.41, 5.74) is 1.46. The van der Waals surface area contributed by atoms with Gasteiger partial charge in [-0.25, -0.2) is 4.79 Å². The maximum Gasteiger partial charge on any atom is 0.317 e. The zero-order chi connectivity index (χ0) is 18.2. The first-order valence-corrected chi connectivity index (χ1v) is 10.7. The summed E-state index contributed by atoms with van der Waals surface area (Å²) < 4.78 is 0. The van der Waals surface area contributed by atoms with Crippen molar-refractivity contribution in [2.24, 2.45) is 5.92 Å². The van der Waals surface area contributed by atoms with Crippen molar-refractivity contribution in [3.05, 3.63) is 11.6 Å². The molecule has 1 aliphatic carbocycles. The van der Waals surface area contributed by atoms with E-state index in [-0.39, 0.29) is 11.9 Å². The van der Waals surface area contributed by atoms with Crippen LogP contribution in [0.2, 0.25) is 0 Å². The zero-order valence-corrected chi connectivity index (χ0v) is 16.2. The molecule has 0 aromatic rings. The van der Waals surface area contributed by atoms with E-state index >= 15 is 0 Å². The number of carbonyl (C=O) groups excluding carboxylic acids is 2. The van der Waals surface area contributed by atoms with E-state index in [2.05, 4.69) is 11.4 Å². The number of nitrogens with zero attached hydrogens (tertiary/aromatic N) is 2. The second-order valence-corrected chi connectivity index (χ2v) is 8.10. The Bertz CT molecular complexity index is 509. The van der Waals surface area contributed by atoms with E-state index in [1.165, 1.54) is 44.1 Å². The lowest BCUT2D eigenvalue weighted by Crippen LogP contribution is -2.46. The number of amides is 3. The summed E-state index contributed by atoms with van der Waals surface area (Å²) in [6.45, 7) is 4.08. The third kappa shape index (κ3) is 5.49. The average molecular weight is 362 g/mol. The molecule has 5 heteroatoms. The average Bonchev–Trinajstić information content (AvgIpc) is 2.64. The molecule has 26 heavy (non-hydrogen) atoms. The van der Waals surface area contributed by atoms with Crippen LogP contribution in [0.4, 0.5) is 4.79 Å². The van der Waals surface area contributed by atoms with Crippen LogP contribution in [0.25, 0.3) is 0 Å². The van der Waals surface area contributed by atoms with Gasteiger partial charge < -0.3 is 15.1 Å². The van der Waals surface area contributed by atoms with Gasteiger partial charge in [0.05, 0.1) is 0 Å². The summed E-state index contributed by atoms with van der Waals surface area (Å²) in [6, 6.07) is 0.0358. The van der Waals surface area contributed by atoms with Gasteiger partial charge in [0, 0.05) is 39.1 Å². The number of hydrogen-bond acceptors (Lipinski definition) is 2. The minimum Gasteiger partial charge on any atom is -0.343 e. The second kappa shape index (κ2) is 9.98. The van der Waals surface area contributed by atoms with E-state index < -0.39 is 0 Å². The maximum atomic E-state index is 12.4. The topological polar surface area (TPSA) is 52.7 Å². The minimum atomic E-state index is 0.0358. The Hall–Kier alpha value is -1.52. The van der Waals surface area contributed by atoms with Crippen molar-refractivity contribution < 1.29 is 9.59 Å². The molecule has 3 amide bonds. The van der Waals surface area contributed by atoms with Gasteiger partial charge >= 0.3 is 6.03 Å². The molecule has 2 saturated heterocycles. The summed E-state index contributed by atoms with van der Waals surface area (Å²) in [6.07, 6.45) is 14.5. The minimum absolute atomic E-state index is 0.0358. The van der Waals surface area contributed by atoms with Gasteiger partial charge in [0.1, 0.15) is 0 Å². The number of nitrogens with one attached hydrogen (secondary N) is 1. The number of fused-ring (bicyclic) bond motifs is 1. The first-order valence-electron chi connectivity index (χ1n) is 10.7. The van der Waals surface area contributed by atoms with Crippen LogP contribution in [-0.4, -0.2) is 54.5 Å². The molecule has 1 unspecified atom stereocenters. The van der Waals surface area contributed by atoms with Crippen molar-refractivity contribution in [2.45, 2.75) is 70.6 Å². The molecule has 146 valence electrons. The van der Waals surface area contributed by atoms with Gasteiger partial charge in [0.2, 0.25) is 5.91 Å². The largest absolute Gasteiger partial charge is 0.343 e. The Morgan fingerprint density at radius 2 is 1.73 bits per heavy atom. The fourth-order valence-corrected chi connectivity index (χ4v) is 4.51. The van der Waals surface area contributed by atoms with Gasteiger partial charge in [0.15, 0.2) is 0 Å². The molecule has 0 saturated carbocycles. The molecular formula is C21H35N3O2. The molecule has 0 aromatic heterocycles. The Kier molecular flexibility index (Phi) is 7.39. The number of likely N-dealkylation sites (tertiary alicyclic amines) is 2. The number of rotatable bonds is 4. The first-order chi connectivity index (χ1) is 12.7. The third-order valence-electron chi connectivity index (χ3n) is 6.15. The summed E-state index contributed by atoms with van der Waals surface area (Å²) in [5, 5.41) is 3.02. The molecular weight excluding hydrogens is 326 g/mol. The van der Waals surface area contributed by atoms with Gasteiger partial charge in [-0.15, -0.1) is 0 Å². The lowest BCUT2D eigenvalue weighted by atomic mass is 9.82. The van der Waals surface area contributed by atoms with Crippen molar-refractivity contribution in [1.29, 1.82) is 0 Å². The van der Waals surface area contributed by atoms with Gasteiger partial charge in [-0.2, -0.15) is 0 Å². The van der Waals surface area contributed by atoms with Gasteiger partial charge in [0.25, 0.3) is 0 Å². The van der Waals surface area contributed by atoms with Crippen LogP contribution in [0.3, 0.4) is 0 Å². The van der Waals surface area contributed by atoms with Crippen LogP contribution in [0, 0.1) is 5.92 Å². The lowest BCUT2D eigenvalue weighted by Gasteiger charge is -2.36. The molecule has 5 nitrogen and oxygen atoms in total. The highest BCUT2D eigenvalue weighted by atomic mass is 16.2. The van der Waals surface area contributed by atoms with E-state index in [1.807, 2.05) is 9.80 Å². The monoisotopic (exact) mass is 361 g/mol. The molecule has 3 rings (SSSR count). The Morgan fingerprint density at radius 3 is 2.54 bits per heavy atom. The van der Waals surface area contributed by atoms with Crippen LogP contribution in [0.15, 0.2) is 11.6 Å². The van der Waals surface area contributed by atoms with Crippen molar-refractivity contribution in [1.82, 2.24) is 15.1 Å². The standard InChI is InChI=1S/C21H35N3O2/c25-20(23-14-6-2-1-3-7-15-23)11-8-13-22-21(26)24-16-12-18-9-4-5-10-19(18)17-24/h10,18H,1-9,11-17H2,(H,22,26). The Balaban J connectivity index is 1.33. The quantitative estimate of drug-likeness (QED) is 0.613. The summed E-state index contributed by atoms with van der Waals surface area (Å²) in [5.74, 6) is 0.970. The first kappa shape index (κ1) is 19.2. The normalized spacial score (nSPS) is 24.2. The van der Waals surface area contributed by atoms with Crippen molar-refractivity contribution in [3.8, 4) is 0 Å². The Labute approximate surface area is 158 Å². The molecule has 2 heterocycles. The molecule has 1 N–H and O–H groups in total. The van der Waals surface area contributed by atoms with Gasteiger partial charge in [-0.05, 0) is 50.9 Å². The van der Waals surface area contributed by atoms with Crippen LogP contribution in [0.1, 0.15) is 70.6 Å². The van der Waals surface area contributed by atoms with E-state index in [9.17, 15) is 9.59 Å². The maximum absolute atomic E-state index is 12.4. The van der Waals surface area contributed by atoms with E-state index in [0.29, 0.717) is 18.9 Å². The third-order valence-corrected chi connectivity index (χ3v) is 6.15. The molecule has 0 radical (unpaired) electrons. The lowest BCUT2D eigenvalue weighted by molar-refractivity contribution is -0.131. The van der Waals surface area contributed by atoms with Crippen molar-refractivity contribution in [2.75, 3.05) is 32.7 Å². The molecule has 0 aromatic carbocycles. The van der Waals surface area contributed by atoms with Crippen molar-refractivity contribution in [3.63, 3.8) is 0 Å². The zero-order valence-electron chi connectivity index (χ0n) is 16.2. The number of carbonyl (C=O) groups is 2. The highest BCUT2D eigenvalue weighted by Crippen LogP contribution is 2.31. The van der Waals surface area contributed by atoms with E-state index in [4.69, 9.17) is 0 Å². The molecule has 0 spiro atoms. The van der Waals surface area contributed by atoms with Gasteiger partial charge in [-0.3, -0.25) is 4.79 Å². The predicted octanol–water partition coefficient (Wildman–Crippen LogP) is 3.70. The number of hydrogen-bond donors (Lipinski definition) is 1. The summed E-state index contributed by atoms with van der Waals surface area (Å²) >= 11 is 0. The van der Waals surface area contributed by atoms with Crippen LogP contribution < -0.4 is 5.32 Å². The van der Waals surface area contributed by atoms with Crippen LogP contribution in [0.5, 0.6) is 0 Å². The van der Waals surface area contributed by atoms with Crippen LogP contribution in [-0.2, 0) is 4.79 Å². The highest BCUT2D eigenvalue weighted by Gasteiger charge is 2.27. The smallest absolute Gasteiger partial charge is 0.317 e. The highest BCUT2D eigenvalue weighted by molar-refractivity contribution is 5.76. The molecule has 1 atom stereocenters. The Morgan fingerprint density at radius 1 is 0.962 bits per heavy atom. The van der Waals surface area contributed by atoms with E-state index in [1.54, 1.807) is 0 Å². The number of piperidine rings is 1. The molecule has 2 aliphatic heterocycles. The number of urea groups is 1. The fourth-order valence-electron chi connectivity index (χ4n) is 4.51. The second-order valence-electron chi connectivity index (χ2n) is 8.10. The summed E-state index contributed by atoms with van der Waals surface area (Å²) in [7, 11) is 0. The van der Waals surface area contributed by atoms with Crippen molar-refractivity contribution >= 4 is 11.9 Å². The predicted molar refractivity (Wildman–Crippen MR) is 104 cm³/mol. The summed E-state index contributed by atoms with van der Waals surface area (Å²) in [4.78, 5) is 28.7. The number of allylic oxidation sites excluding steroid dienone is 1. The van der Waals surface area contributed by atoms with Gasteiger partial charge in [-0.1, -0.05) is 30.9 Å². The van der Waals surface area contributed by atoms with Crippen LogP contribution >= 0.6 is 0 Å². The molecule has 0 bridgehead atoms. The molecule has 3 aliphatic rings. The fraction of sp³-hybridized carbons (Fsp3) is 0.810. The SMILES string of the molecule is O=C(CCCNC(=O)N1CCC2CCCC=C2C1)N1CCCCCCC1.